The van der Waals surface area contributed by atoms with Crippen molar-refractivity contribution in [1.82, 2.24) is 9.97 Å². The molecule has 0 saturated carbocycles. The van der Waals surface area contributed by atoms with Gasteiger partial charge < -0.3 is 14.9 Å². The minimum atomic E-state index is -0.847. The number of hydrogen-bond donors (Lipinski definition) is 1. The van der Waals surface area contributed by atoms with E-state index < -0.39 is 12.0 Å². The van der Waals surface area contributed by atoms with Crippen LogP contribution in [0.25, 0.3) is 0 Å². The first-order chi connectivity index (χ1) is 7.97. The van der Waals surface area contributed by atoms with Gasteiger partial charge in [-0.1, -0.05) is 6.92 Å². The maximum Gasteiger partial charge on any atom is 0.326 e. The quantitative estimate of drug-likeness (QED) is 0.819. The molecule has 1 unspecified atom stereocenters. The molecular formula is C11H18N4O2. The van der Waals surface area contributed by atoms with Crippen LogP contribution < -0.4 is 9.80 Å². The molecule has 1 aromatic rings. The second kappa shape index (κ2) is 5.47. The third-order valence-corrected chi connectivity index (χ3v) is 2.53. The number of likely N-dealkylation sites (N-methyl/N-ethyl adjacent to an activating group) is 1. The summed E-state index contributed by atoms with van der Waals surface area (Å²) in [5, 5.41) is 9.09. The number of aromatic nitrogens is 2. The lowest BCUT2D eigenvalue weighted by Crippen LogP contribution is -2.38. The Morgan fingerprint density at radius 2 is 2.12 bits per heavy atom. The second-order valence-corrected chi connectivity index (χ2v) is 3.98. The van der Waals surface area contributed by atoms with Crippen LogP contribution in [0, 0.1) is 0 Å². The molecule has 0 spiro atoms. The molecule has 1 N–H and O–H groups in total. The van der Waals surface area contributed by atoms with E-state index in [1.807, 2.05) is 21.0 Å². The van der Waals surface area contributed by atoms with Gasteiger partial charge in [-0.15, -0.1) is 0 Å². The molecule has 6 heteroatoms. The smallest absolute Gasteiger partial charge is 0.326 e. The Bertz CT molecular complexity index is 395. The van der Waals surface area contributed by atoms with Crippen molar-refractivity contribution in [3.05, 3.63) is 12.3 Å². The van der Waals surface area contributed by atoms with E-state index in [4.69, 9.17) is 5.11 Å². The average molecular weight is 238 g/mol. The molecule has 0 aliphatic heterocycles. The number of aliphatic carboxylic acids is 1. The summed E-state index contributed by atoms with van der Waals surface area (Å²) in [4.78, 5) is 22.9. The predicted octanol–water partition coefficient (Wildman–Crippen LogP) is 0.842. The van der Waals surface area contributed by atoms with Crippen molar-refractivity contribution in [2.45, 2.75) is 19.4 Å². The number of carboxylic acid groups (broad SMARTS) is 1. The summed E-state index contributed by atoms with van der Waals surface area (Å²) in [5.41, 5.74) is 0. The summed E-state index contributed by atoms with van der Waals surface area (Å²) in [6.45, 7) is 1.84. The largest absolute Gasteiger partial charge is 0.480 e. The molecule has 0 bridgehead atoms. The van der Waals surface area contributed by atoms with Crippen LogP contribution in [0.3, 0.4) is 0 Å². The number of carboxylic acids is 1. The van der Waals surface area contributed by atoms with Gasteiger partial charge in [0.1, 0.15) is 11.9 Å². The second-order valence-electron chi connectivity index (χ2n) is 3.98. The Kier molecular flexibility index (Phi) is 4.25. The molecule has 1 atom stereocenters. The third-order valence-electron chi connectivity index (χ3n) is 2.53. The van der Waals surface area contributed by atoms with E-state index in [-0.39, 0.29) is 0 Å². The first-order valence-electron chi connectivity index (χ1n) is 5.43. The summed E-state index contributed by atoms with van der Waals surface area (Å²) < 4.78 is 0. The fourth-order valence-electron chi connectivity index (χ4n) is 1.52. The number of rotatable bonds is 5. The first-order valence-corrected chi connectivity index (χ1v) is 5.43. The van der Waals surface area contributed by atoms with Gasteiger partial charge in [-0.05, 0) is 12.5 Å². The van der Waals surface area contributed by atoms with Gasteiger partial charge in [0.25, 0.3) is 0 Å². The van der Waals surface area contributed by atoms with Crippen LogP contribution in [-0.2, 0) is 4.79 Å². The molecule has 1 aromatic heterocycles. The van der Waals surface area contributed by atoms with E-state index in [0.717, 1.165) is 0 Å². The lowest BCUT2D eigenvalue weighted by molar-refractivity contribution is -0.138. The summed E-state index contributed by atoms with van der Waals surface area (Å²) >= 11 is 0. The Labute approximate surface area is 101 Å². The van der Waals surface area contributed by atoms with Gasteiger partial charge in [0.2, 0.25) is 5.95 Å². The van der Waals surface area contributed by atoms with E-state index in [0.29, 0.717) is 18.2 Å². The fraction of sp³-hybridized carbons (Fsp3) is 0.545. The highest BCUT2D eigenvalue weighted by Crippen LogP contribution is 2.16. The van der Waals surface area contributed by atoms with E-state index in [2.05, 4.69) is 9.97 Å². The van der Waals surface area contributed by atoms with Gasteiger partial charge in [-0.25, -0.2) is 9.78 Å². The molecular weight excluding hydrogens is 220 g/mol. The Morgan fingerprint density at radius 3 is 2.59 bits per heavy atom. The molecule has 0 amide bonds. The predicted molar refractivity (Wildman–Crippen MR) is 66.5 cm³/mol. The van der Waals surface area contributed by atoms with Crippen molar-refractivity contribution in [2.24, 2.45) is 0 Å². The minimum absolute atomic E-state index is 0.521. The molecule has 0 aliphatic rings. The van der Waals surface area contributed by atoms with Gasteiger partial charge in [0.05, 0.1) is 0 Å². The van der Waals surface area contributed by atoms with Gasteiger partial charge >= 0.3 is 5.97 Å². The zero-order valence-electron chi connectivity index (χ0n) is 10.6. The molecule has 0 fully saturated rings. The van der Waals surface area contributed by atoms with Crippen LogP contribution in [0.15, 0.2) is 12.3 Å². The van der Waals surface area contributed by atoms with Crippen LogP contribution in [0.2, 0.25) is 0 Å². The van der Waals surface area contributed by atoms with Crippen molar-refractivity contribution in [3.8, 4) is 0 Å². The molecule has 0 aliphatic carbocycles. The fourth-order valence-corrected chi connectivity index (χ4v) is 1.52. The standard InChI is InChI=1S/C11H18N4O2/c1-5-8(10(16)17)15(4)9-6-7-12-11(13-9)14(2)3/h6-8H,5H2,1-4H3,(H,16,17). The zero-order chi connectivity index (χ0) is 13.0. The van der Waals surface area contributed by atoms with Crippen molar-refractivity contribution in [3.63, 3.8) is 0 Å². The molecule has 6 nitrogen and oxygen atoms in total. The molecule has 94 valence electrons. The number of anilines is 2. The highest BCUT2D eigenvalue weighted by molar-refractivity contribution is 5.77. The van der Waals surface area contributed by atoms with Crippen LogP contribution in [0.4, 0.5) is 11.8 Å². The first kappa shape index (κ1) is 13.2. The van der Waals surface area contributed by atoms with Gasteiger partial charge in [0, 0.05) is 27.3 Å². The number of hydrogen-bond acceptors (Lipinski definition) is 5. The maximum atomic E-state index is 11.1. The lowest BCUT2D eigenvalue weighted by Gasteiger charge is -2.25. The molecule has 0 aromatic carbocycles. The van der Waals surface area contributed by atoms with Crippen molar-refractivity contribution >= 4 is 17.7 Å². The third kappa shape index (κ3) is 3.05. The van der Waals surface area contributed by atoms with E-state index >= 15 is 0 Å². The lowest BCUT2D eigenvalue weighted by atomic mass is 10.2. The van der Waals surface area contributed by atoms with E-state index in [1.54, 1.807) is 29.1 Å². The zero-order valence-corrected chi connectivity index (χ0v) is 10.6. The molecule has 1 heterocycles. The van der Waals surface area contributed by atoms with E-state index in [1.165, 1.54) is 0 Å². The van der Waals surface area contributed by atoms with Crippen molar-refractivity contribution < 1.29 is 9.90 Å². The minimum Gasteiger partial charge on any atom is -0.480 e. The van der Waals surface area contributed by atoms with Gasteiger partial charge in [-0.3, -0.25) is 0 Å². The molecule has 0 radical (unpaired) electrons. The summed E-state index contributed by atoms with van der Waals surface area (Å²) in [5.74, 6) is 0.326. The highest BCUT2D eigenvalue weighted by atomic mass is 16.4. The van der Waals surface area contributed by atoms with Gasteiger partial charge in [0.15, 0.2) is 0 Å². The Hall–Kier alpha value is -1.85. The normalized spacial score (nSPS) is 12.0. The molecule has 0 saturated heterocycles. The summed E-state index contributed by atoms with van der Waals surface area (Å²) in [7, 11) is 5.41. The maximum absolute atomic E-state index is 11.1. The topological polar surface area (TPSA) is 69.6 Å². The number of carbonyl (C=O) groups is 1. The van der Waals surface area contributed by atoms with Gasteiger partial charge in [-0.2, -0.15) is 4.98 Å². The Morgan fingerprint density at radius 1 is 1.47 bits per heavy atom. The van der Waals surface area contributed by atoms with Crippen LogP contribution in [-0.4, -0.2) is 48.2 Å². The van der Waals surface area contributed by atoms with Crippen molar-refractivity contribution in [1.29, 1.82) is 0 Å². The van der Waals surface area contributed by atoms with Crippen LogP contribution in [0.5, 0.6) is 0 Å². The Balaban J connectivity index is 2.98. The monoisotopic (exact) mass is 238 g/mol. The summed E-state index contributed by atoms with van der Waals surface area (Å²) in [6, 6.07) is 1.14. The number of nitrogens with zero attached hydrogens (tertiary/aromatic N) is 4. The van der Waals surface area contributed by atoms with Crippen LogP contribution >= 0.6 is 0 Å². The SMILES string of the molecule is CCC(C(=O)O)N(C)c1ccnc(N(C)C)n1. The summed E-state index contributed by atoms with van der Waals surface area (Å²) in [6.07, 6.45) is 2.15. The van der Waals surface area contributed by atoms with E-state index in [9.17, 15) is 4.79 Å². The molecule has 1 rings (SSSR count). The highest BCUT2D eigenvalue weighted by Gasteiger charge is 2.21. The molecule has 17 heavy (non-hydrogen) atoms. The average Bonchev–Trinajstić information content (AvgIpc) is 2.29. The van der Waals surface area contributed by atoms with Crippen LogP contribution in [0.1, 0.15) is 13.3 Å². The van der Waals surface area contributed by atoms with Crippen molar-refractivity contribution in [2.75, 3.05) is 30.9 Å².